The minimum Gasteiger partial charge on any atom is -0.301 e. The van der Waals surface area contributed by atoms with E-state index < -0.39 is 22.8 Å². The summed E-state index contributed by atoms with van der Waals surface area (Å²) in [6.07, 6.45) is 1.46. The topological polar surface area (TPSA) is 86.1 Å². The van der Waals surface area contributed by atoms with Crippen molar-refractivity contribution in [3.63, 3.8) is 0 Å². The Hall–Kier alpha value is -0.720. The molecule has 0 saturated heterocycles. The van der Waals surface area contributed by atoms with Crippen LogP contribution in [0.25, 0.3) is 10.4 Å². The van der Waals surface area contributed by atoms with E-state index in [1.165, 1.54) is 0 Å². The van der Waals surface area contributed by atoms with Crippen LogP contribution in [0.15, 0.2) is 5.11 Å². The second kappa shape index (κ2) is 7.56. The van der Waals surface area contributed by atoms with E-state index in [1.54, 1.807) is 0 Å². The first-order valence-corrected chi connectivity index (χ1v) is 5.61. The largest absolute Gasteiger partial charge is 0.345 e. The first-order chi connectivity index (χ1) is 7.00. The lowest BCUT2D eigenvalue weighted by Gasteiger charge is -2.10. The molecule has 0 saturated carbocycles. The van der Waals surface area contributed by atoms with Crippen LogP contribution in [0.1, 0.15) is 32.1 Å². The van der Waals surface area contributed by atoms with Gasteiger partial charge >= 0.3 is 5.25 Å². The number of hydrogen-bond acceptors (Lipinski definition) is 2. The van der Waals surface area contributed by atoms with Crippen molar-refractivity contribution in [1.82, 2.24) is 0 Å². The predicted molar refractivity (Wildman–Crippen MR) is 52.8 cm³/mol. The third kappa shape index (κ3) is 7.24. The van der Waals surface area contributed by atoms with Crippen LogP contribution in [-0.2, 0) is 11.1 Å². The Morgan fingerprint density at radius 1 is 1.33 bits per heavy atom. The molecule has 0 fully saturated rings. The lowest BCUT2D eigenvalue weighted by Crippen LogP contribution is -2.22. The van der Waals surface area contributed by atoms with Gasteiger partial charge in [0, 0.05) is 17.9 Å². The van der Waals surface area contributed by atoms with Crippen LogP contribution in [0.4, 0.5) is 8.78 Å². The van der Waals surface area contributed by atoms with Gasteiger partial charge in [-0.1, -0.05) is 18.0 Å². The SMILES string of the molecule is [N-]=[N+]=NCCCCCCC(F)(F)S(=O)O. The van der Waals surface area contributed by atoms with E-state index in [0.29, 0.717) is 25.8 Å². The molecule has 0 rings (SSSR count). The van der Waals surface area contributed by atoms with Crippen LogP contribution in [0.3, 0.4) is 0 Å². The molecular formula is C7H13F2N3O2S. The highest BCUT2D eigenvalue weighted by molar-refractivity contribution is 7.80. The summed E-state index contributed by atoms with van der Waals surface area (Å²) in [4.78, 5) is 2.55. The molecule has 0 heterocycles. The molecule has 1 unspecified atom stereocenters. The van der Waals surface area contributed by atoms with Gasteiger partial charge in [0.1, 0.15) is 0 Å². The van der Waals surface area contributed by atoms with Crippen LogP contribution < -0.4 is 0 Å². The Labute approximate surface area is 88.8 Å². The molecule has 88 valence electrons. The molecule has 0 aromatic heterocycles. The number of alkyl halides is 2. The van der Waals surface area contributed by atoms with E-state index in [1.807, 2.05) is 0 Å². The summed E-state index contributed by atoms with van der Waals surface area (Å²) >= 11 is -3.09. The van der Waals surface area contributed by atoms with Gasteiger partial charge in [-0.25, -0.2) is 4.21 Å². The molecule has 15 heavy (non-hydrogen) atoms. The number of unbranched alkanes of at least 4 members (excludes halogenated alkanes) is 3. The Bertz CT molecular complexity index is 257. The lowest BCUT2D eigenvalue weighted by atomic mass is 10.1. The summed E-state index contributed by atoms with van der Waals surface area (Å²) in [6, 6.07) is 0. The zero-order valence-electron chi connectivity index (χ0n) is 8.10. The van der Waals surface area contributed by atoms with Crippen LogP contribution in [-0.4, -0.2) is 20.6 Å². The van der Waals surface area contributed by atoms with Gasteiger partial charge in [-0.3, -0.25) is 0 Å². The molecule has 0 radical (unpaired) electrons. The Balaban J connectivity index is 3.46. The summed E-state index contributed by atoms with van der Waals surface area (Å²) in [7, 11) is 0. The van der Waals surface area contributed by atoms with Crippen molar-refractivity contribution >= 4 is 11.1 Å². The molecular weight excluding hydrogens is 228 g/mol. The third-order valence-corrected chi connectivity index (χ3v) is 2.51. The highest BCUT2D eigenvalue weighted by atomic mass is 32.2. The minimum absolute atomic E-state index is 0.190. The molecule has 0 amide bonds. The van der Waals surface area contributed by atoms with Crippen molar-refractivity contribution in [2.24, 2.45) is 5.11 Å². The highest BCUT2D eigenvalue weighted by Gasteiger charge is 2.35. The maximum Gasteiger partial charge on any atom is 0.345 e. The molecule has 5 nitrogen and oxygen atoms in total. The van der Waals surface area contributed by atoms with Crippen molar-refractivity contribution in [2.75, 3.05) is 6.54 Å². The highest BCUT2D eigenvalue weighted by Crippen LogP contribution is 2.24. The van der Waals surface area contributed by atoms with Crippen molar-refractivity contribution < 1.29 is 17.5 Å². The van der Waals surface area contributed by atoms with Gasteiger partial charge < -0.3 is 4.55 Å². The summed E-state index contributed by atoms with van der Waals surface area (Å²) < 4.78 is 43.5. The summed E-state index contributed by atoms with van der Waals surface area (Å²) in [5.74, 6) is 0. The van der Waals surface area contributed by atoms with Gasteiger partial charge in [-0.05, 0) is 18.4 Å². The van der Waals surface area contributed by atoms with Crippen LogP contribution in [0.5, 0.6) is 0 Å². The van der Waals surface area contributed by atoms with Crippen molar-refractivity contribution in [1.29, 1.82) is 0 Å². The van der Waals surface area contributed by atoms with Gasteiger partial charge in [0.05, 0.1) is 0 Å². The lowest BCUT2D eigenvalue weighted by molar-refractivity contribution is 0.0771. The van der Waals surface area contributed by atoms with Gasteiger partial charge in [0.15, 0.2) is 0 Å². The smallest absolute Gasteiger partial charge is 0.301 e. The molecule has 1 atom stereocenters. The fraction of sp³-hybridized carbons (Fsp3) is 1.00. The maximum absolute atomic E-state index is 12.6. The van der Waals surface area contributed by atoms with E-state index in [9.17, 15) is 13.0 Å². The van der Waals surface area contributed by atoms with E-state index in [0.717, 1.165) is 0 Å². The Morgan fingerprint density at radius 3 is 2.47 bits per heavy atom. The Kier molecular flexibility index (Phi) is 7.19. The zero-order chi connectivity index (χ0) is 11.7. The number of azide groups is 1. The van der Waals surface area contributed by atoms with E-state index in [2.05, 4.69) is 10.0 Å². The summed E-state index contributed by atoms with van der Waals surface area (Å²) in [5, 5.41) is -0.219. The van der Waals surface area contributed by atoms with Gasteiger partial charge in [-0.2, -0.15) is 8.78 Å². The Morgan fingerprint density at radius 2 is 1.93 bits per heavy atom. The average molecular weight is 241 g/mol. The quantitative estimate of drug-likeness (QED) is 0.233. The third-order valence-electron chi connectivity index (χ3n) is 1.79. The standard InChI is InChI=1S/C7H13F2N3O2S/c8-7(9,15(13)14)5-3-1-2-4-6-11-12-10/h1-6H2,(H,13,14). The van der Waals surface area contributed by atoms with Crippen LogP contribution in [0, 0.1) is 0 Å². The maximum atomic E-state index is 12.6. The van der Waals surface area contributed by atoms with Crippen LogP contribution in [0.2, 0.25) is 0 Å². The van der Waals surface area contributed by atoms with Gasteiger partial charge in [0.25, 0.3) is 0 Å². The predicted octanol–water partition coefficient (Wildman–Crippen LogP) is 3.06. The second-order valence-corrected chi connectivity index (χ2v) is 4.10. The van der Waals surface area contributed by atoms with Crippen molar-refractivity contribution in [2.45, 2.75) is 37.4 Å². The van der Waals surface area contributed by atoms with E-state index in [-0.39, 0.29) is 6.42 Å². The summed E-state index contributed by atoms with van der Waals surface area (Å²) in [6.45, 7) is 0.360. The molecule has 0 aromatic rings. The monoisotopic (exact) mass is 241 g/mol. The molecule has 1 N–H and O–H groups in total. The first-order valence-electron chi connectivity index (χ1n) is 4.50. The molecule has 0 aliphatic rings. The number of hydrogen-bond donors (Lipinski definition) is 1. The molecule has 0 bridgehead atoms. The molecule has 0 spiro atoms. The van der Waals surface area contributed by atoms with Crippen molar-refractivity contribution in [3.05, 3.63) is 10.4 Å². The number of nitrogens with zero attached hydrogens (tertiary/aromatic N) is 3. The molecule has 0 aromatic carbocycles. The number of halogens is 2. The van der Waals surface area contributed by atoms with E-state index >= 15 is 0 Å². The van der Waals surface area contributed by atoms with Crippen LogP contribution >= 0.6 is 0 Å². The fourth-order valence-corrected chi connectivity index (χ4v) is 1.32. The van der Waals surface area contributed by atoms with Crippen molar-refractivity contribution in [3.8, 4) is 0 Å². The molecule has 0 aliphatic carbocycles. The first kappa shape index (κ1) is 14.3. The zero-order valence-corrected chi connectivity index (χ0v) is 8.92. The molecule has 8 heteroatoms. The van der Waals surface area contributed by atoms with E-state index in [4.69, 9.17) is 10.1 Å². The fourth-order valence-electron chi connectivity index (χ4n) is 0.999. The van der Waals surface area contributed by atoms with Gasteiger partial charge in [-0.15, -0.1) is 0 Å². The summed E-state index contributed by atoms with van der Waals surface area (Å²) in [5.41, 5.74) is 7.93. The second-order valence-electron chi connectivity index (χ2n) is 3.01. The average Bonchev–Trinajstić information content (AvgIpc) is 2.16. The normalized spacial score (nSPS) is 13.3. The molecule has 0 aliphatic heterocycles. The minimum atomic E-state index is -3.51. The van der Waals surface area contributed by atoms with Gasteiger partial charge in [0.2, 0.25) is 11.1 Å². The number of rotatable bonds is 8.